The summed E-state index contributed by atoms with van der Waals surface area (Å²) in [6.07, 6.45) is 9.02. The summed E-state index contributed by atoms with van der Waals surface area (Å²) in [6.45, 7) is 16.4. The summed E-state index contributed by atoms with van der Waals surface area (Å²) in [4.78, 5) is 26.7. The van der Waals surface area contributed by atoms with E-state index in [2.05, 4.69) is 31.0 Å². The molecule has 0 unspecified atom stereocenters. The number of Topliss-reactive ketones (excluding diaryl/α,β-unsaturated/α-hetero) is 1. The summed E-state index contributed by atoms with van der Waals surface area (Å²) in [6, 6.07) is 9.79. The van der Waals surface area contributed by atoms with Crippen LogP contribution in [0.3, 0.4) is 0 Å². The molecular weight excluding hydrogens is 586 g/mol. The van der Waals surface area contributed by atoms with Gasteiger partial charge in [-0.2, -0.15) is 13.2 Å². The summed E-state index contributed by atoms with van der Waals surface area (Å²) in [7, 11) is 1.51. The minimum absolute atomic E-state index is 0.0782. The lowest BCUT2D eigenvalue weighted by Crippen LogP contribution is -2.10. The number of benzene rings is 2. The van der Waals surface area contributed by atoms with Gasteiger partial charge in [-0.25, -0.2) is 4.79 Å². The standard InChI is InChI=1S/C15H15ClO2.C12H12F3NO.C2H5Cl.C2H6.C2H2/c1-4-7-11(5-2)15(17)18-14-9-8-13(16)10-12(14)6-3;1-8(17)7-11(16-2)9-3-5-10(6-4-9)12(13,14)15;1-2-3;2*1-2/h4-5,7-10H,1-2,6H2,3H3;3-6H,7H2,1-2H3;2H2,1H3;1-2H3;1-2H/b11-7+;;;;. The van der Waals surface area contributed by atoms with Crippen LogP contribution in [0.4, 0.5) is 13.2 Å². The predicted octanol–water partition coefficient (Wildman–Crippen LogP) is 9.73. The van der Waals surface area contributed by atoms with E-state index in [4.69, 9.17) is 27.9 Å². The molecule has 0 aromatic heterocycles. The van der Waals surface area contributed by atoms with Gasteiger partial charge in [-0.05, 0) is 60.9 Å². The van der Waals surface area contributed by atoms with Crippen molar-refractivity contribution in [1.82, 2.24) is 0 Å². The molecule has 0 atom stereocenters. The van der Waals surface area contributed by atoms with Crippen LogP contribution in [0.25, 0.3) is 0 Å². The molecule has 230 valence electrons. The van der Waals surface area contributed by atoms with Crippen molar-refractivity contribution in [2.45, 2.75) is 53.6 Å². The third-order valence-corrected chi connectivity index (χ3v) is 4.83. The third kappa shape index (κ3) is 18.0. The summed E-state index contributed by atoms with van der Waals surface area (Å²) in [5.74, 6) is 0.705. The smallest absolute Gasteiger partial charge is 0.416 e. The highest BCUT2D eigenvalue weighted by Gasteiger charge is 2.30. The van der Waals surface area contributed by atoms with Gasteiger partial charge in [-0.15, -0.1) is 24.4 Å². The van der Waals surface area contributed by atoms with Crippen molar-refractivity contribution in [2.24, 2.45) is 4.99 Å². The largest absolute Gasteiger partial charge is 0.423 e. The Labute approximate surface area is 259 Å². The topological polar surface area (TPSA) is 55.7 Å². The molecule has 0 spiro atoms. The van der Waals surface area contributed by atoms with Gasteiger partial charge in [-0.3, -0.25) is 9.79 Å². The molecule has 0 aliphatic carbocycles. The maximum Gasteiger partial charge on any atom is 0.416 e. The lowest BCUT2D eigenvalue weighted by Gasteiger charge is -2.09. The molecule has 0 saturated carbocycles. The lowest BCUT2D eigenvalue weighted by atomic mass is 10.0. The molecule has 0 fully saturated rings. The number of carbonyl (C=O) groups excluding carboxylic acids is 2. The van der Waals surface area contributed by atoms with Crippen LogP contribution < -0.4 is 4.74 Å². The fourth-order valence-corrected chi connectivity index (χ4v) is 3.02. The van der Waals surface area contributed by atoms with Crippen molar-refractivity contribution in [1.29, 1.82) is 0 Å². The van der Waals surface area contributed by atoms with Gasteiger partial charge in [0, 0.05) is 30.1 Å². The van der Waals surface area contributed by atoms with Crippen LogP contribution in [0.1, 0.15) is 57.7 Å². The van der Waals surface area contributed by atoms with Crippen molar-refractivity contribution < 1.29 is 27.5 Å². The first kappa shape index (κ1) is 42.9. The van der Waals surface area contributed by atoms with Gasteiger partial charge in [0.05, 0.1) is 11.1 Å². The number of alkyl halides is 4. The van der Waals surface area contributed by atoms with Crippen LogP contribution in [-0.4, -0.2) is 30.4 Å². The van der Waals surface area contributed by atoms with E-state index in [1.165, 1.54) is 38.3 Å². The fraction of sp³-hybridized carbons (Fsp3) is 0.303. The highest BCUT2D eigenvalue weighted by Crippen LogP contribution is 2.29. The molecule has 0 bridgehead atoms. The number of esters is 1. The van der Waals surface area contributed by atoms with Gasteiger partial charge in [-0.1, -0.05) is 76.7 Å². The van der Waals surface area contributed by atoms with Crippen molar-refractivity contribution in [2.75, 3.05) is 12.9 Å². The average molecular weight is 627 g/mol. The van der Waals surface area contributed by atoms with Crippen molar-refractivity contribution in [3.05, 3.63) is 101 Å². The number of aryl methyl sites for hydroxylation is 1. The quantitative estimate of drug-likeness (QED) is 0.0558. The van der Waals surface area contributed by atoms with Crippen molar-refractivity contribution >= 4 is 40.7 Å². The van der Waals surface area contributed by atoms with Crippen LogP contribution in [0.15, 0.2) is 84.4 Å². The van der Waals surface area contributed by atoms with E-state index in [0.717, 1.165) is 30.0 Å². The molecule has 4 nitrogen and oxygen atoms in total. The minimum Gasteiger partial charge on any atom is -0.423 e. The Morgan fingerprint density at radius 1 is 1.05 bits per heavy atom. The Hall–Kier alpha value is -3.60. The SMILES string of the molecule is C#C.C=C/C=C(\C=C)C(=O)Oc1ccc(Cl)cc1CC.CC.CCCl.CN=C(CC(C)=O)c1ccc(C(F)(F)F)cc1. The summed E-state index contributed by atoms with van der Waals surface area (Å²) < 4.78 is 42.3. The first-order valence-corrected chi connectivity index (χ1v) is 13.8. The van der Waals surface area contributed by atoms with Gasteiger partial charge in [0.15, 0.2) is 0 Å². The maximum atomic E-state index is 12.3. The Bertz CT molecular complexity index is 1180. The molecule has 0 amide bonds. The number of rotatable bonds is 8. The number of hydrogen-bond donors (Lipinski definition) is 0. The summed E-state index contributed by atoms with van der Waals surface area (Å²) in [5, 5.41) is 0.622. The predicted molar refractivity (Wildman–Crippen MR) is 172 cm³/mol. The number of ketones is 1. The second-order valence-corrected chi connectivity index (χ2v) is 8.42. The fourth-order valence-electron chi connectivity index (χ4n) is 2.83. The molecule has 2 rings (SSSR count). The van der Waals surface area contributed by atoms with Gasteiger partial charge >= 0.3 is 12.1 Å². The molecule has 42 heavy (non-hydrogen) atoms. The molecular formula is C33H40Cl2F3NO3. The Kier molecular flexibility index (Phi) is 25.7. The summed E-state index contributed by atoms with van der Waals surface area (Å²) in [5.41, 5.74) is 1.57. The number of nitrogens with zero attached hydrogens (tertiary/aromatic N) is 1. The molecule has 9 heteroatoms. The minimum atomic E-state index is -4.34. The number of halogens is 5. The van der Waals surface area contributed by atoms with Crippen LogP contribution >= 0.6 is 23.2 Å². The number of aliphatic imine (C=N–C) groups is 1. The van der Waals surface area contributed by atoms with E-state index in [1.54, 1.807) is 24.3 Å². The Morgan fingerprint density at radius 2 is 1.57 bits per heavy atom. The second-order valence-electron chi connectivity index (χ2n) is 7.45. The van der Waals surface area contributed by atoms with Gasteiger partial charge in [0.1, 0.15) is 11.5 Å². The highest BCUT2D eigenvalue weighted by atomic mass is 35.5. The number of terminal acetylenes is 1. The molecule has 0 heterocycles. The van der Waals surface area contributed by atoms with Crippen LogP contribution in [0.2, 0.25) is 5.02 Å². The number of hydrogen-bond acceptors (Lipinski definition) is 4. The number of allylic oxidation sites excluding steroid dienone is 2. The average Bonchev–Trinajstić information content (AvgIpc) is 2.97. The highest BCUT2D eigenvalue weighted by molar-refractivity contribution is 6.30. The zero-order valence-corrected chi connectivity index (χ0v) is 26.5. The maximum absolute atomic E-state index is 12.3. The van der Waals surface area contributed by atoms with E-state index >= 15 is 0 Å². The van der Waals surface area contributed by atoms with Gasteiger partial charge in [0.25, 0.3) is 0 Å². The summed E-state index contributed by atoms with van der Waals surface area (Å²) >= 11 is 10.9. The van der Waals surface area contributed by atoms with E-state index in [9.17, 15) is 22.8 Å². The van der Waals surface area contributed by atoms with E-state index < -0.39 is 17.7 Å². The first-order valence-electron chi connectivity index (χ1n) is 12.9. The Morgan fingerprint density at radius 3 is 1.95 bits per heavy atom. The Balaban J connectivity index is -0.000000597. The second kappa shape index (κ2) is 25.1. The van der Waals surface area contributed by atoms with Gasteiger partial charge in [0.2, 0.25) is 0 Å². The van der Waals surface area contributed by atoms with E-state index in [0.29, 0.717) is 27.6 Å². The first-order chi connectivity index (χ1) is 19.9. The zero-order valence-electron chi connectivity index (χ0n) is 25.0. The number of ether oxygens (including phenoxy) is 1. The van der Waals surface area contributed by atoms with Crippen LogP contribution in [0, 0.1) is 12.8 Å². The van der Waals surface area contributed by atoms with Gasteiger partial charge < -0.3 is 4.74 Å². The molecule has 2 aromatic carbocycles. The third-order valence-electron chi connectivity index (χ3n) is 4.59. The van der Waals surface area contributed by atoms with Crippen LogP contribution in [0.5, 0.6) is 5.75 Å². The lowest BCUT2D eigenvalue weighted by molar-refractivity contribution is -0.137. The number of carbonyl (C=O) groups is 2. The normalized spacial score (nSPS) is 10.4. The molecule has 0 aliphatic rings. The van der Waals surface area contributed by atoms with Crippen molar-refractivity contribution in [3.63, 3.8) is 0 Å². The van der Waals surface area contributed by atoms with Crippen molar-refractivity contribution in [3.8, 4) is 18.6 Å². The van der Waals surface area contributed by atoms with E-state index in [-0.39, 0.29) is 12.2 Å². The zero-order chi connectivity index (χ0) is 33.3. The molecule has 0 radical (unpaired) electrons. The monoisotopic (exact) mass is 625 g/mol. The van der Waals surface area contributed by atoms with E-state index in [1.807, 2.05) is 27.7 Å². The molecule has 2 aromatic rings. The molecule has 0 N–H and O–H groups in total. The molecule has 0 saturated heterocycles. The van der Waals surface area contributed by atoms with Crippen LogP contribution in [-0.2, 0) is 22.2 Å². The molecule has 0 aliphatic heterocycles.